The first kappa shape index (κ1) is 16.8. The highest BCUT2D eigenvalue weighted by molar-refractivity contribution is 6.35. The Morgan fingerprint density at radius 3 is 2.42 bits per heavy atom. The fraction of sp³-hybridized carbons (Fsp3) is 0.625. The Labute approximate surface area is 127 Å². The molecule has 0 aliphatic rings. The van der Waals surface area contributed by atoms with E-state index in [4.69, 9.17) is 23.2 Å². The molecule has 0 aromatic heterocycles. The molecule has 0 saturated heterocycles. The molecule has 0 heterocycles. The summed E-state index contributed by atoms with van der Waals surface area (Å²) in [5, 5.41) is 4.96. The van der Waals surface area contributed by atoms with E-state index in [9.17, 15) is 0 Å². The van der Waals surface area contributed by atoms with Crippen molar-refractivity contribution in [2.45, 2.75) is 58.4 Å². The SMILES string of the molecule is CCCCCCCCNC(C)c1ccc(Cl)cc1Cl. The van der Waals surface area contributed by atoms with E-state index < -0.39 is 0 Å². The molecule has 1 unspecified atom stereocenters. The second-order valence-electron chi connectivity index (χ2n) is 5.11. The number of benzene rings is 1. The fourth-order valence-electron chi connectivity index (χ4n) is 2.19. The van der Waals surface area contributed by atoms with Crippen molar-refractivity contribution >= 4 is 23.2 Å². The van der Waals surface area contributed by atoms with Crippen LogP contribution in [-0.2, 0) is 0 Å². The van der Waals surface area contributed by atoms with Gasteiger partial charge in [-0.1, -0.05) is 68.3 Å². The average molecular weight is 302 g/mol. The van der Waals surface area contributed by atoms with Gasteiger partial charge in [-0.05, 0) is 37.6 Å². The van der Waals surface area contributed by atoms with Crippen LogP contribution in [0, 0.1) is 0 Å². The number of hydrogen-bond donors (Lipinski definition) is 1. The van der Waals surface area contributed by atoms with E-state index in [0.717, 1.165) is 17.1 Å². The van der Waals surface area contributed by atoms with Crippen LogP contribution >= 0.6 is 23.2 Å². The number of unbranched alkanes of at least 4 members (excludes halogenated alkanes) is 5. The highest BCUT2D eigenvalue weighted by Crippen LogP contribution is 2.26. The lowest BCUT2D eigenvalue weighted by Gasteiger charge is -2.15. The van der Waals surface area contributed by atoms with Crippen molar-refractivity contribution in [2.24, 2.45) is 0 Å². The minimum Gasteiger partial charge on any atom is -0.310 e. The zero-order valence-corrected chi connectivity index (χ0v) is 13.5. The van der Waals surface area contributed by atoms with Crippen LogP contribution in [0.4, 0.5) is 0 Å². The summed E-state index contributed by atoms with van der Waals surface area (Å²) in [5.74, 6) is 0. The molecule has 1 N–H and O–H groups in total. The third kappa shape index (κ3) is 6.65. The minimum atomic E-state index is 0.278. The number of nitrogens with one attached hydrogen (secondary N) is 1. The molecule has 1 aromatic carbocycles. The maximum atomic E-state index is 6.20. The number of halogens is 2. The van der Waals surface area contributed by atoms with Crippen LogP contribution in [0.15, 0.2) is 18.2 Å². The van der Waals surface area contributed by atoms with E-state index >= 15 is 0 Å². The lowest BCUT2D eigenvalue weighted by molar-refractivity contribution is 0.527. The molecular weight excluding hydrogens is 277 g/mol. The van der Waals surface area contributed by atoms with Gasteiger partial charge in [-0.2, -0.15) is 0 Å². The van der Waals surface area contributed by atoms with E-state index in [1.807, 2.05) is 12.1 Å². The lowest BCUT2D eigenvalue weighted by atomic mass is 10.1. The second kappa shape index (κ2) is 9.63. The predicted octanol–water partition coefficient (Wildman–Crippen LogP) is 6.00. The van der Waals surface area contributed by atoms with Gasteiger partial charge in [0.1, 0.15) is 0 Å². The molecule has 108 valence electrons. The summed E-state index contributed by atoms with van der Waals surface area (Å²) in [6.45, 7) is 5.44. The highest BCUT2D eigenvalue weighted by atomic mass is 35.5. The van der Waals surface area contributed by atoms with Crippen LogP contribution in [-0.4, -0.2) is 6.54 Å². The molecular formula is C16H25Cl2N. The smallest absolute Gasteiger partial charge is 0.0468 e. The number of hydrogen-bond acceptors (Lipinski definition) is 1. The summed E-state index contributed by atoms with van der Waals surface area (Å²) < 4.78 is 0. The van der Waals surface area contributed by atoms with Crippen molar-refractivity contribution in [2.75, 3.05) is 6.54 Å². The molecule has 0 aliphatic carbocycles. The Kier molecular flexibility index (Phi) is 8.52. The van der Waals surface area contributed by atoms with Crippen molar-refractivity contribution in [3.8, 4) is 0 Å². The van der Waals surface area contributed by atoms with Gasteiger partial charge in [-0.15, -0.1) is 0 Å². The average Bonchev–Trinajstić information content (AvgIpc) is 2.37. The Bertz CT molecular complexity index is 366. The van der Waals surface area contributed by atoms with Crippen molar-refractivity contribution in [1.29, 1.82) is 0 Å². The van der Waals surface area contributed by atoms with Gasteiger partial charge in [0.05, 0.1) is 0 Å². The standard InChI is InChI=1S/C16H25Cl2N/c1-3-4-5-6-7-8-11-19-13(2)15-10-9-14(17)12-16(15)18/h9-10,12-13,19H,3-8,11H2,1-2H3. The van der Waals surface area contributed by atoms with Crippen molar-refractivity contribution in [1.82, 2.24) is 5.32 Å². The Morgan fingerprint density at radius 1 is 1.05 bits per heavy atom. The Hall–Kier alpha value is -0.240. The minimum absolute atomic E-state index is 0.278. The summed E-state index contributed by atoms with van der Waals surface area (Å²) in [5.41, 5.74) is 1.12. The largest absolute Gasteiger partial charge is 0.310 e. The highest BCUT2D eigenvalue weighted by Gasteiger charge is 2.08. The quantitative estimate of drug-likeness (QED) is 0.551. The molecule has 1 aromatic rings. The van der Waals surface area contributed by atoms with Crippen molar-refractivity contribution in [3.63, 3.8) is 0 Å². The van der Waals surface area contributed by atoms with E-state index in [1.54, 1.807) is 6.07 Å². The van der Waals surface area contributed by atoms with Gasteiger partial charge >= 0.3 is 0 Å². The summed E-state index contributed by atoms with van der Waals surface area (Å²) in [6.07, 6.45) is 7.95. The Balaban J connectivity index is 2.22. The van der Waals surface area contributed by atoms with Crippen LogP contribution < -0.4 is 5.32 Å². The zero-order valence-electron chi connectivity index (χ0n) is 12.0. The molecule has 0 saturated carbocycles. The lowest BCUT2D eigenvalue weighted by Crippen LogP contribution is -2.20. The number of rotatable bonds is 9. The first-order valence-corrected chi connectivity index (χ1v) is 8.09. The predicted molar refractivity (Wildman–Crippen MR) is 86.3 cm³/mol. The van der Waals surface area contributed by atoms with Crippen molar-refractivity contribution < 1.29 is 0 Å². The van der Waals surface area contributed by atoms with Crippen LogP contribution in [0.3, 0.4) is 0 Å². The van der Waals surface area contributed by atoms with Gasteiger partial charge in [0, 0.05) is 16.1 Å². The first-order valence-electron chi connectivity index (χ1n) is 7.33. The summed E-state index contributed by atoms with van der Waals surface area (Å²) in [6, 6.07) is 5.98. The monoisotopic (exact) mass is 301 g/mol. The van der Waals surface area contributed by atoms with E-state index in [-0.39, 0.29) is 6.04 Å². The molecule has 1 nitrogen and oxygen atoms in total. The molecule has 0 bridgehead atoms. The maximum Gasteiger partial charge on any atom is 0.0468 e. The normalized spacial score (nSPS) is 12.6. The van der Waals surface area contributed by atoms with Crippen LogP contribution in [0.5, 0.6) is 0 Å². The molecule has 0 fully saturated rings. The first-order chi connectivity index (χ1) is 9.15. The fourth-order valence-corrected chi connectivity index (χ4v) is 2.76. The van der Waals surface area contributed by atoms with E-state index in [1.165, 1.54) is 38.5 Å². The van der Waals surface area contributed by atoms with Crippen LogP contribution in [0.25, 0.3) is 0 Å². The van der Waals surface area contributed by atoms with Gasteiger partial charge in [0.25, 0.3) is 0 Å². The van der Waals surface area contributed by atoms with Gasteiger partial charge in [-0.25, -0.2) is 0 Å². The van der Waals surface area contributed by atoms with E-state index in [2.05, 4.69) is 19.2 Å². The second-order valence-corrected chi connectivity index (χ2v) is 5.95. The summed E-state index contributed by atoms with van der Waals surface area (Å²) in [4.78, 5) is 0. The van der Waals surface area contributed by atoms with Gasteiger partial charge in [0.15, 0.2) is 0 Å². The van der Waals surface area contributed by atoms with Crippen LogP contribution in [0.2, 0.25) is 10.0 Å². The van der Waals surface area contributed by atoms with Gasteiger partial charge < -0.3 is 5.32 Å². The molecule has 0 amide bonds. The molecule has 1 rings (SSSR count). The van der Waals surface area contributed by atoms with Crippen LogP contribution in [0.1, 0.15) is 64.0 Å². The molecule has 19 heavy (non-hydrogen) atoms. The molecule has 1 atom stereocenters. The third-order valence-electron chi connectivity index (χ3n) is 3.41. The Morgan fingerprint density at radius 2 is 1.74 bits per heavy atom. The summed E-state index contributed by atoms with van der Waals surface area (Å²) in [7, 11) is 0. The molecule has 0 aliphatic heterocycles. The van der Waals surface area contributed by atoms with Crippen molar-refractivity contribution in [3.05, 3.63) is 33.8 Å². The van der Waals surface area contributed by atoms with E-state index in [0.29, 0.717) is 5.02 Å². The van der Waals surface area contributed by atoms with Gasteiger partial charge in [-0.3, -0.25) is 0 Å². The third-order valence-corrected chi connectivity index (χ3v) is 3.97. The molecule has 0 radical (unpaired) electrons. The maximum absolute atomic E-state index is 6.20. The topological polar surface area (TPSA) is 12.0 Å². The molecule has 3 heteroatoms. The summed E-state index contributed by atoms with van der Waals surface area (Å²) >= 11 is 12.1. The molecule has 0 spiro atoms. The van der Waals surface area contributed by atoms with Gasteiger partial charge in [0.2, 0.25) is 0 Å². The zero-order chi connectivity index (χ0) is 14.1.